The van der Waals surface area contributed by atoms with Crippen LogP contribution in [0.1, 0.15) is 31.1 Å². The summed E-state index contributed by atoms with van der Waals surface area (Å²) in [5.41, 5.74) is 0.523. The molecule has 14 heavy (non-hydrogen) atoms. The molecular weight excluding hydrogens is 196 g/mol. The average molecular weight is 212 g/mol. The lowest BCUT2D eigenvalue weighted by atomic mass is 10.3. The number of hydrogen-bond donors (Lipinski definition) is 2. The Labute approximate surface area is 89.6 Å². The molecule has 3 nitrogen and oxygen atoms in total. The fourth-order valence-electron chi connectivity index (χ4n) is 0.856. The first kappa shape index (κ1) is 12.8. The molecule has 0 atom stereocenters. The Morgan fingerprint density at radius 2 is 2.21 bits per heavy atom. The minimum atomic E-state index is -0.126. The Kier molecular flexibility index (Phi) is 6.66. The van der Waals surface area contributed by atoms with Crippen LogP contribution in [0.3, 0.4) is 0 Å². The molecule has 0 unspecified atom stereocenters. The normalized spacial score (nSPS) is 8.50. The second-order valence-electron chi connectivity index (χ2n) is 2.27. The first-order valence-electron chi connectivity index (χ1n) is 4.71. The van der Waals surface area contributed by atoms with Gasteiger partial charge in [0.1, 0.15) is 4.64 Å². The summed E-state index contributed by atoms with van der Waals surface area (Å²) >= 11 is 4.93. The van der Waals surface area contributed by atoms with E-state index >= 15 is 0 Å². The molecule has 0 aliphatic heterocycles. The van der Waals surface area contributed by atoms with E-state index in [-0.39, 0.29) is 5.91 Å². The second-order valence-corrected chi connectivity index (χ2v) is 2.68. The summed E-state index contributed by atoms with van der Waals surface area (Å²) in [6.07, 6.45) is 1.70. The van der Waals surface area contributed by atoms with Crippen LogP contribution < -0.4 is 5.32 Å². The second kappa shape index (κ2) is 7.26. The molecule has 78 valence electrons. The summed E-state index contributed by atoms with van der Waals surface area (Å²) in [6, 6.07) is 3.45. The third kappa shape index (κ3) is 3.70. The van der Waals surface area contributed by atoms with Gasteiger partial charge in [-0.05, 0) is 19.1 Å². The van der Waals surface area contributed by atoms with Gasteiger partial charge >= 0.3 is 0 Å². The van der Waals surface area contributed by atoms with Gasteiger partial charge in [0.2, 0.25) is 0 Å². The first-order chi connectivity index (χ1) is 6.75. The van der Waals surface area contributed by atoms with E-state index in [1.54, 1.807) is 18.3 Å². The van der Waals surface area contributed by atoms with Gasteiger partial charge in [-0.2, -0.15) is 0 Å². The van der Waals surface area contributed by atoms with Crippen molar-refractivity contribution in [2.24, 2.45) is 0 Å². The lowest BCUT2D eigenvalue weighted by Gasteiger charge is -2.00. The molecule has 0 radical (unpaired) electrons. The van der Waals surface area contributed by atoms with Gasteiger partial charge in [0.25, 0.3) is 5.91 Å². The van der Waals surface area contributed by atoms with E-state index in [0.29, 0.717) is 16.7 Å². The van der Waals surface area contributed by atoms with Gasteiger partial charge in [0.05, 0.1) is 5.56 Å². The van der Waals surface area contributed by atoms with Crippen LogP contribution >= 0.6 is 12.2 Å². The summed E-state index contributed by atoms with van der Waals surface area (Å²) in [5, 5.41) is 2.68. The number of nitrogens with one attached hydrogen (secondary N) is 2. The van der Waals surface area contributed by atoms with Crippen molar-refractivity contribution < 1.29 is 4.79 Å². The Balaban J connectivity index is 0.000000791. The monoisotopic (exact) mass is 212 g/mol. The van der Waals surface area contributed by atoms with Crippen molar-refractivity contribution in [2.75, 3.05) is 6.54 Å². The van der Waals surface area contributed by atoms with E-state index in [9.17, 15) is 4.79 Å². The van der Waals surface area contributed by atoms with Crippen LogP contribution in [-0.2, 0) is 0 Å². The van der Waals surface area contributed by atoms with Gasteiger partial charge in [-0.3, -0.25) is 4.79 Å². The van der Waals surface area contributed by atoms with Crippen molar-refractivity contribution in [3.05, 3.63) is 28.5 Å². The van der Waals surface area contributed by atoms with Crippen molar-refractivity contribution in [3.8, 4) is 0 Å². The molecule has 0 saturated heterocycles. The maximum atomic E-state index is 11.3. The van der Waals surface area contributed by atoms with E-state index in [2.05, 4.69) is 10.3 Å². The van der Waals surface area contributed by atoms with Crippen LogP contribution in [0.2, 0.25) is 0 Å². The molecule has 0 spiro atoms. The Morgan fingerprint density at radius 3 is 2.71 bits per heavy atom. The number of hydrogen-bond acceptors (Lipinski definition) is 2. The van der Waals surface area contributed by atoms with Gasteiger partial charge < -0.3 is 10.3 Å². The zero-order chi connectivity index (χ0) is 11.0. The lowest BCUT2D eigenvalue weighted by molar-refractivity contribution is 0.0955. The molecule has 1 heterocycles. The first-order valence-corrected chi connectivity index (χ1v) is 5.12. The fourth-order valence-corrected chi connectivity index (χ4v) is 1.08. The average Bonchev–Trinajstić information content (AvgIpc) is 2.22. The number of amides is 1. The molecule has 1 aromatic heterocycles. The topological polar surface area (TPSA) is 44.9 Å². The molecule has 0 aromatic carbocycles. The molecule has 1 rings (SSSR count). The van der Waals surface area contributed by atoms with Crippen LogP contribution in [-0.4, -0.2) is 17.4 Å². The van der Waals surface area contributed by atoms with E-state index < -0.39 is 0 Å². The highest BCUT2D eigenvalue weighted by atomic mass is 32.1. The molecule has 2 N–H and O–H groups in total. The summed E-state index contributed by atoms with van der Waals surface area (Å²) < 4.78 is 0.475. The van der Waals surface area contributed by atoms with Gasteiger partial charge in [0.15, 0.2) is 0 Å². The Bertz CT molecular complexity index is 333. The minimum Gasteiger partial charge on any atom is -0.352 e. The van der Waals surface area contributed by atoms with E-state index in [1.165, 1.54) is 0 Å². The third-order valence-corrected chi connectivity index (χ3v) is 1.74. The van der Waals surface area contributed by atoms with Crippen molar-refractivity contribution in [1.29, 1.82) is 0 Å². The summed E-state index contributed by atoms with van der Waals surface area (Å²) in [7, 11) is 0. The number of aromatic nitrogens is 1. The number of carbonyl (C=O) groups is 1. The molecule has 1 amide bonds. The largest absolute Gasteiger partial charge is 0.352 e. The van der Waals surface area contributed by atoms with Crippen molar-refractivity contribution in [2.45, 2.75) is 20.8 Å². The molecule has 0 bridgehead atoms. The highest BCUT2D eigenvalue weighted by Gasteiger charge is 2.03. The van der Waals surface area contributed by atoms with Crippen molar-refractivity contribution in [3.63, 3.8) is 0 Å². The predicted octanol–water partition coefficient (Wildman–Crippen LogP) is 2.52. The molecule has 4 heteroatoms. The summed E-state index contributed by atoms with van der Waals surface area (Å²) in [6.45, 7) is 6.48. The summed E-state index contributed by atoms with van der Waals surface area (Å²) in [4.78, 5) is 14.1. The van der Waals surface area contributed by atoms with E-state index in [0.717, 1.165) is 0 Å². The summed E-state index contributed by atoms with van der Waals surface area (Å²) in [5.74, 6) is -0.126. The highest BCUT2D eigenvalue weighted by molar-refractivity contribution is 7.71. The van der Waals surface area contributed by atoms with Crippen LogP contribution in [0.4, 0.5) is 0 Å². The minimum absolute atomic E-state index is 0.126. The molecule has 0 aliphatic carbocycles. The molecule has 0 aliphatic rings. The molecule has 1 aromatic rings. The van der Waals surface area contributed by atoms with Gasteiger partial charge in [0, 0.05) is 12.7 Å². The number of H-pyrrole nitrogens is 1. The zero-order valence-corrected chi connectivity index (χ0v) is 9.57. The van der Waals surface area contributed by atoms with E-state index in [4.69, 9.17) is 12.2 Å². The standard InChI is InChI=1S/C8H10N2OS.C2H6/c1-2-9-7(11)6-4-3-5-10-8(6)12;1-2/h3-5H,2H2,1H3,(H,9,11)(H,10,12);1-2H3. The number of rotatable bonds is 2. The van der Waals surface area contributed by atoms with Crippen LogP contribution in [0.5, 0.6) is 0 Å². The number of pyridine rings is 1. The van der Waals surface area contributed by atoms with Crippen molar-refractivity contribution >= 4 is 18.1 Å². The maximum absolute atomic E-state index is 11.3. The fraction of sp³-hybridized carbons (Fsp3) is 0.400. The zero-order valence-electron chi connectivity index (χ0n) is 8.76. The quantitative estimate of drug-likeness (QED) is 0.740. The predicted molar refractivity (Wildman–Crippen MR) is 61.0 cm³/mol. The van der Waals surface area contributed by atoms with Crippen LogP contribution in [0, 0.1) is 4.64 Å². The van der Waals surface area contributed by atoms with Gasteiger partial charge in [-0.1, -0.05) is 26.1 Å². The van der Waals surface area contributed by atoms with Crippen LogP contribution in [0.15, 0.2) is 18.3 Å². The Hall–Kier alpha value is -1.16. The number of aromatic amines is 1. The van der Waals surface area contributed by atoms with Crippen LogP contribution in [0.25, 0.3) is 0 Å². The lowest BCUT2D eigenvalue weighted by Crippen LogP contribution is -2.23. The molecule has 0 saturated carbocycles. The maximum Gasteiger partial charge on any atom is 0.254 e. The number of carbonyl (C=O) groups excluding carboxylic acids is 1. The Morgan fingerprint density at radius 1 is 1.57 bits per heavy atom. The third-order valence-electron chi connectivity index (χ3n) is 1.40. The molecular formula is C10H16N2OS. The van der Waals surface area contributed by atoms with E-state index in [1.807, 2.05) is 20.8 Å². The smallest absolute Gasteiger partial charge is 0.254 e. The SMILES string of the molecule is CC.CCNC(=O)c1ccc[nH]c1=S. The van der Waals surface area contributed by atoms with Gasteiger partial charge in [-0.15, -0.1) is 0 Å². The highest BCUT2D eigenvalue weighted by Crippen LogP contribution is 1.98. The van der Waals surface area contributed by atoms with Crippen molar-refractivity contribution in [1.82, 2.24) is 10.3 Å². The van der Waals surface area contributed by atoms with Gasteiger partial charge in [-0.25, -0.2) is 0 Å². The molecule has 0 fully saturated rings.